The fraction of sp³-hybridized carbons (Fsp3) is 0.250. The van der Waals surface area contributed by atoms with E-state index in [0.717, 1.165) is 22.4 Å². The molecular weight excluding hydrogens is 316 g/mol. The molecule has 5 nitrogen and oxygen atoms in total. The SMILES string of the molecule is C=CCc1cc(CNCc2cccc(C(N)=O)c2)cc(OC)c1OC. The Morgan fingerprint density at radius 2 is 1.92 bits per heavy atom. The van der Waals surface area contributed by atoms with E-state index in [1.807, 2.05) is 24.3 Å². The molecule has 0 heterocycles. The van der Waals surface area contributed by atoms with Crippen molar-refractivity contribution in [2.24, 2.45) is 5.73 Å². The molecule has 0 spiro atoms. The average molecular weight is 340 g/mol. The summed E-state index contributed by atoms with van der Waals surface area (Å²) in [5.74, 6) is 1.02. The largest absolute Gasteiger partial charge is 0.493 e. The summed E-state index contributed by atoms with van der Waals surface area (Å²) < 4.78 is 10.9. The molecule has 0 aliphatic heterocycles. The Labute approximate surface area is 148 Å². The van der Waals surface area contributed by atoms with Crippen LogP contribution in [-0.2, 0) is 19.5 Å². The molecule has 0 fully saturated rings. The maximum absolute atomic E-state index is 11.2. The molecule has 132 valence electrons. The van der Waals surface area contributed by atoms with Crippen molar-refractivity contribution >= 4 is 5.91 Å². The van der Waals surface area contributed by atoms with E-state index in [9.17, 15) is 4.79 Å². The molecule has 0 unspecified atom stereocenters. The van der Waals surface area contributed by atoms with Crippen LogP contribution in [0.1, 0.15) is 27.0 Å². The minimum absolute atomic E-state index is 0.421. The molecule has 0 saturated carbocycles. The van der Waals surface area contributed by atoms with Gasteiger partial charge in [0, 0.05) is 24.2 Å². The van der Waals surface area contributed by atoms with Crippen LogP contribution in [0.5, 0.6) is 11.5 Å². The number of primary amides is 1. The molecule has 0 aliphatic rings. The highest BCUT2D eigenvalue weighted by molar-refractivity contribution is 5.92. The summed E-state index contributed by atoms with van der Waals surface area (Å²) >= 11 is 0. The minimum Gasteiger partial charge on any atom is -0.493 e. The van der Waals surface area contributed by atoms with Crippen LogP contribution in [0.4, 0.5) is 0 Å². The number of amides is 1. The van der Waals surface area contributed by atoms with Crippen LogP contribution in [0.25, 0.3) is 0 Å². The molecule has 0 atom stereocenters. The van der Waals surface area contributed by atoms with Crippen LogP contribution in [-0.4, -0.2) is 20.1 Å². The molecule has 2 rings (SSSR count). The van der Waals surface area contributed by atoms with E-state index in [1.165, 1.54) is 0 Å². The van der Waals surface area contributed by atoms with Gasteiger partial charge < -0.3 is 20.5 Å². The van der Waals surface area contributed by atoms with E-state index in [4.69, 9.17) is 15.2 Å². The van der Waals surface area contributed by atoms with Gasteiger partial charge in [0.15, 0.2) is 11.5 Å². The van der Waals surface area contributed by atoms with Gasteiger partial charge >= 0.3 is 0 Å². The Kier molecular flexibility index (Phi) is 6.60. The van der Waals surface area contributed by atoms with Crippen molar-refractivity contribution in [2.75, 3.05) is 14.2 Å². The number of hydrogen-bond donors (Lipinski definition) is 2. The summed E-state index contributed by atoms with van der Waals surface area (Å²) in [6, 6.07) is 11.3. The zero-order valence-electron chi connectivity index (χ0n) is 14.7. The molecule has 0 saturated heterocycles. The predicted molar refractivity (Wildman–Crippen MR) is 99.0 cm³/mol. The first-order valence-electron chi connectivity index (χ1n) is 8.03. The third kappa shape index (κ3) is 4.84. The summed E-state index contributed by atoms with van der Waals surface area (Å²) in [5, 5.41) is 3.37. The van der Waals surface area contributed by atoms with Gasteiger partial charge in [0.05, 0.1) is 14.2 Å². The maximum atomic E-state index is 11.2. The van der Waals surface area contributed by atoms with Crippen molar-refractivity contribution in [3.05, 3.63) is 71.3 Å². The normalized spacial score (nSPS) is 10.3. The van der Waals surface area contributed by atoms with Gasteiger partial charge in [0.1, 0.15) is 0 Å². The van der Waals surface area contributed by atoms with Crippen molar-refractivity contribution in [1.29, 1.82) is 0 Å². The number of carbonyl (C=O) groups excluding carboxylic acids is 1. The van der Waals surface area contributed by atoms with E-state index in [-0.39, 0.29) is 0 Å². The van der Waals surface area contributed by atoms with Crippen LogP contribution < -0.4 is 20.5 Å². The molecule has 1 amide bonds. The van der Waals surface area contributed by atoms with Crippen LogP contribution in [0.15, 0.2) is 49.1 Å². The number of rotatable bonds is 9. The zero-order chi connectivity index (χ0) is 18.2. The Balaban J connectivity index is 2.10. The summed E-state index contributed by atoms with van der Waals surface area (Å²) in [6.07, 6.45) is 2.54. The van der Waals surface area contributed by atoms with Gasteiger partial charge in [0.2, 0.25) is 5.91 Å². The third-order valence-electron chi connectivity index (χ3n) is 3.85. The molecule has 5 heteroatoms. The highest BCUT2D eigenvalue weighted by atomic mass is 16.5. The fourth-order valence-electron chi connectivity index (χ4n) is 2.70. The lowest BCUT2D eigenvalue weighted by Crippen LogP contribution is -2.15. The second-order valence-corrected chi connectivity index (χ2v) is 5.65. The number of benzene rings is 2. The summed E-state index contributed by atoms with van der Waals surface area (Å²) in [4.78, 5) is 11.2. The molecule has 25 heavy (non-hydrogen) atoms. The van der Waals surface area contributed by atoms with Gasteiger partial charge in [-0.05, 0) is 35.7 Å². The number of nitrogens with two attached hydrogens (primary N) is 1. The number of hydrogen-bond acceptors (Lipinski definition) is 4. The Hall–Kier alpha value is -2.79. The lowest BCUT2D eigenvalue weighted by atomic mass is 10.1. The van der Waals surface area contributed by atoms with E-state index in [2.05, 4.69) is 18.0 Å². The standard InChI is InChI=1S/C20H24N2O3/c1-4-6-16-10-15(11-18(24-2)19(16)25-3)13-22-12-14-7-5-8-17(9-14)20(21)23/h4-5,7-11,22H,1,6,12-13H2,2-3H3,(H2,21,23). The highest BCUT2D eigenvalue weighted by Crippen LogP contribution is 2.33. The number of ether oxygens (including phenoxy) is 2. The van der Waals surface area contributed by atoms with Crippen LogP contribution in [0, 0.1) is 0 Å². The summed E-state index contributed by atoms with van der Waals surface area (Å²) in [5.41, 5.74) is 8.94. The second-order valence-electron chi connectivity index (χ2n) is 5.65. The van der Waals surface area contributed by atoms with E-state index in [1.54, 1.807) is 26.4 Å². The Morgan fingerprint density at radius 1 is 1.16 bits per heavy atom. The number of nitrogens with one attached hydrogen (secondary N) is 1. The van der Waals surface area contributed by atoms with Gasteiger partial charge in [-0.25, -0.2) is 0 Å². The second kappa shape index (κ2) is 8.89. The predicted octanol–water partition coefficient (Wildman–Crippen LogP) is 2.82. The molecule has 0 radical (unpaired) electrons. The van der Waals surface area contributed by atoms with Gasteiger partial charge in [-0.3, -0.25) is 4.79 Å². The van der Waals surface area contributed by atoms with Crippen molar-refractivity contribution in [2.45, 2.75) is 19.5 Å². The minimum atomic E-state index is -0.421. The van der Waals surface area contributed by atoms with Gasteiger partial charge in [-0.1, -0.05) is 24.3 Å². The van der Waals surface area contributed by atoms with Crippen molar-refractivity contribution < 1.29 is 14.3 Å². The van der Waals surface area contributed by atoms with E-state index >= 15 is 0 Å². The van der Waals surface area contributed by atoms with Crippen molar-refractivity contribution in [1.82, 2.24) is 5.32 Å². The molecular formula is C20H24N2O3. The number of methoxy groups -OCH3 is 2. The molecule has 2 aromatic carbocycles. The fourth-order valence-corrected chi connectivity index (χ4v) is 2.70. The average Bonchev–Trinajstić information content (AvgIpc) is 2.61. The molecule has 3 N–H and O–H groups in total. The smallest absolute Gasteiger partial charge is 0.248 e. The first-order chi connectivity index (χ1) is 12.1. The molecule has 2 aromatic rings. The lowest BCUT2D eigenvalue weighted by molar-refractivity contribution is 0.1000. The number of carbonyl (C=O) groups is 1. The van der Waals surface area contributed by atoms with Crippen LogP contribution in [0.2, 0.25) is 0 Å². The first-order valence-corrected chi connectivity index (χ1v) is 8.03. The summed E-state index contributed by atoms with van der Waals surface area (Å²) in [7, 11) is 3.26. The quantitative estimate of drug-likeness (QED) is 0.689. The van der Waals surface area contributed by atoms with Gasteiger partial charge in [-0.2, -0.15) is 0 Å². The summed E-state index contributed by atoms with van der Waals surface area (Å²) in [6.45, 7) is 5.08. The van der Waals surface area contributed by atoms with Gasteiger partial charge in [-0.15, -0.1) is 6.58 Å². The third-order valence-corrected chi connectivity index (χ3v) is 3.85. The Morgan fingerprint density at radius 3 is 2.56 bits per heavy atom. The first kappa shape index (κ1) is 18.5. The molecule has 0 aliphatic carbocycles. The van der Waals surface area contributed by atoms with Crippen LogP contribution >= 0.6 is 0 Å². The topological polar surface area (TPSA) is 73.6 Å². The Bertz CT molecular complexity index is 757. The number of allylic oxidation sites excluding steroid dienone is 1. The molecule has 0 bridgehead atoms. The van der Waals surface area contributed by atoms with Crippen LogP contribution in [0.3, 0.4) is 0 Å². The van der Waals surface area contributed by atoms with Crippen molar-refractivity contribution in [3.8, 4) is 11.5 Å². The zero-order valence-corrected chi connectivity index (χ0v) is 14.7. The molecule has 0 aromatic heterocycles. The van der Waals surface area contributed by atoms with E-state index in [0.29, 0.717) is 30.8 Å². The van der Waals surface area contributed by atoms with Gasteiger partial charge in [0.25, 0.3) is 0 Å². The monoisotopic (exact) mass is 340 g/mol. The highest BCUT2D eigenvalue weighted by Gasteiger charge is 2.11. The van der Waals surface area contributed by atoms with E-state index < -0.39 is 5.91 Å². The van der Waals surface area contributed by atoms with Crippen molar-refractivity contribution in [3.63, 3.8) is 0 Å². The lowest BCUT2D eigenvalue weighted by Gasteiger charge is -2.15. The maximum Gasteiger partial charge on any atom is 0.248 e.